The molecule has 0 bridgehead atoms. The summed E-state index contributed by atoms with van der Waals surface area (Å²) in [7, 11) is 0. The van der Waals surface area contributed by atoms with E-state index in [1.807, 2.05) is 13.8 Å². The molecule has 25 heavy (non-hydrogen) atoms. The number of aromatic amines is 1. The Labute approximate surface area is 149 Å². The summed E-state index contributed by atoms with van der Waals surface area (Å²) >= 11 is 5.27. The maximum absolute atomic E-state index is 13.1. The van der Waals surface area contributed by atoms with Gasteiger partial charge >= 0.3 is 0 Å². The first-order chi connectivity index (χ1) is 12.0. The fraction of sp³-hybridized carbons (Fsp3) is 0.294. The Hall–Kier alpha value is -2.61. The van der Waals surface area contributed by atoms with E-state index in [2.05, 4.69) is 20.4 Å². The van der Waals surface area contributed by atoms with Crippen molar-refractivity contribution in [2.75, 3.05) is 0 Å². The molecule has 8 heteroatoms. The number of nitrogens with zero attached hydrogens (tertiary/aromatic N) is 5. The third-order valence-electron chi connectivity index (χ3n) is 4.34. The largest absolute Gasteiger partial charge is 0.250 e. The predicted molar refractivity (Wildman–Crippen MR) is 95.4 cm³/mol. The molecule has 1 aliphatic carbocycles. The van der Waals surface area contributed by atoms with E-state index in [0.717, 1.165) is 41.3 Å². The Morgan fingerprint density at radius 1 is 1.28 bits per heavy atom. The van der Waals surface area contributed by atoms with Crippen molar-refractivity contribution in [2.45, 2.75) is 32.6 Å². The summed E-state index contributed by atoms with van der Waals surface area (Å²) in [6, 6.07) is 6.25. The molecule has 0 saturated heterocycles. The van der Waals surface area contributed by atoms with E-state index in [1.54, 1.807) is 27.7 Å². The first kappa shape index (κ1) is 15.9. The lowest BCUT2D eigenvalue weighted by Gasteiger charge is -2.04. The van der Waals surface area contributed by atoms with Crippen LogP contribution in [0.15, 0.2) is 29.4 Å². The molecule has 6 nitrogen and oxygen atoms in total. The molecule has 2 aromatic heterocycles. The lowest BCUT2D eigenvalue weighted by molar-refractivity contribution is 0.627. The molecular formula is C17H17FN6S. The fourth-order valence-electron chi connectivity index (χ4n) is 2.81. The van der Waals surface area contributed by atoms with Gasteiger partial charge in [-0.05, 0) is 63.2 Å². The van der Waals surface area contributed by atoms with Gasteiger partial charge in [0.2, 0.25) is 4.77 Å². The van der Waals surface area contributed by atoms with Crippen LogP contribution < -0.4 is 0 Å². The van der Waals surface area contributed by atoms with Crippen LogP contribution in [0, 0.1) is 24.4 Å². The van der Waals surface area contributed by atoms with Crippen LogP contribution in [0.25, 0.3) is 5.69 Å². The van der Waals surface area contributed by atoms with Crippen molar-refractivity contribution in [2.24, 2.45) is 5.10 Å². The van der Waals surface area contributed by atoms with Crippen molar-refractivity contribution >= 4 is 18.4 Å². The molecule has 4 rings (SSSR count). The minimum Gasteiger partial charge on any atom is -0.250 e. The van der Waals surface area contributed by atoms with Crippen LogP contribution in [0.3, 0.4) is 0 Å². The average Bonchev–Trinajstić information content (AvgIpc) is 3.32. The molecule has 0 aliphatic heterocycles. The molecule has 1 fully saturated rings. The molecule has 1 N–H and O–H groups in total. The number of halogens is 1. The Morgan fingerprint density at radius 2 is 2.00 bits per heavy atom. The summed E-state index contributed by atoms with van der Waals surface area (Å²) in [4.78, 5) is 0. The highest BCUT2D eigenvalue weighted by atomic mass is 32.1. The van der Waals surface area contributed by atoms with E-state index in [9.17, 15) is 4.39 Å². The molecular weight excluding hydrogens is 339 g/mol. The second-order valence-corrected chi connectivity index (χ2v) is 6.58. The summed E-state index contributed by atoms with van der Waals surface area (Å²) in [5.41, 5.74) is 3.49. The number of aromatic nitrogens is 5. The number of H-pyrrole nitrogens is 1. The summed E-state index contributed by atoms with van der Waals surface area (Å²) in [5.74, 6) is 1.05. The molecule has 0 atom stereocenters. The van der Waals surface area contributed by atoms with E-state index in [4.69, 9.17) is 12.2 Å². The molecule has 3 aromatic rings. The topological polar surface area (TPSA) is 63.8 Å². The Kier molecular flexibility index (Phi) is 3.84. The molecule has 128 valence electrons. The van der Waals surface area contributed by atoms with E-state index in [0.29, 0.717) is 10.7 Å². The van der Waals surface area contributed by atoms with Gasteiger partial charge in [-0.2, -0.15) is 20.0 Å². The van der Waals surface area contributed by atoms with Gasteiger partial charge in [0.1, 0.15) is 5.82 Å². The molecule has 1 saturated carbocycles. The average molecular weight is 356 g/mol. The number of benzene rings is 1. The van der Waals surface area contributed by atoms with Gasteiger partial charge in [0, 0.05) is 11.5 Å². The lowest BCUT2D eigenvalue weighted by Crippen LogP contribution is -2.00. The van der Waals surface area contributed by atoms with Gasteiger partial charge in [0.15, 0.2) is 5.82 Å². The zero-order chi connectivity index (χ0) is 17.6. The van der Waals surface area contributed by atoms with Gasteiger partial charge in [-0.25, -0.2) is 9.07 Å². The van der Waals surface area contributed by atoms with E-state index >= 15 is 0 Å². The first-order valence-electron chi connectivity index (χ1n) is 8.08. The highest BCUT2D eigenvalue weighted by Crippen LogP contribution is 2.38. The third kappa shape index (κ3) is 2.93. The quantitative estimate of drug-likeness (QED) is 0.573. The van der Waals surface area contributed by atoms with Crippen molar-refractivity contribution in [3.8, 4) is 5.69 Å². The number of hydrogen-bond acceptors (Lipinski definition) is 4. The summed E-state index contributed by atoms with van der Waals surface area (Å²) in [5, 5.41) is 16.1. The zero-order valence-corrected chi connectivity index (χ0v) is 14.7. The predicted octanol–water partition coefficient (Wildman–Crippen LogP) is 3.64. The number of hydrogen-bond donors (Lipinski definition) is 1. The van der Waals surface area contributed by atoms with E-state index in [1.165, 1.54) is 12.1 Å². The summed E-state index contributed by atoms with van der Waals surface area (Å²) < 4.78 is 17.1. The zero-order valence-electron chi connectivity index (χ0n) is 13.9. The Balaban J connectivity index is 1.71. The molecule has 0 amide bonds. The van der Waals surface area contributed by atoms with E-state index in [-0.39, 0.29) is 5.82 Å². The maximum atomic E-state index is 13.1. The van der Waals surface area contributed by atoms with Crippen molar-refractivity contribution in [3.63, 3.8) is 0 Å². The minimum absolute atomic E-state index is 0.269. The molecule has 0 unspecified atom stereocenters. The fourth-order valence-corrected chi connectivity index (χ4v) is 3.00. The highest BCUT2D eigenvalue weighted by Gasteiger charge is 2.29. The SMILES string of the molecule is Cc1nn(-c2ccc(F)cc2)c(C)c1/C=N/n1c(C2CC2)n[nH]c1=S. The van der Waals surface area contributed by atoms with Crippen molar-refractivity contribution in [1.29, 1.82) is 0 Å². The second-order valence-electron chi connectivity index (χ2n) is 6.19. The first-order valence-corrected chi connectivity index (χ1v) is 8.49. The lowest BCUT2D eigenvalue weighted by atomic mass is 10.2. The van der Waals surface area contributed by atoms with Gasteiger partial charge in [-0.1, -0.05) is 0 Å². The van der Waals surface area contributed by atoms with Crippen LogP contribution >= 0.6 is 12.2 Å². The van der Waals surface area contributed by atoms with Crippen molar-refractivity contribution < 1.29 is 4.39 Å². The summed E-state index contributed by atoms with van der Waals surface area (Å²) in [6.45, 7) is 3.88. The van der Waals surface area contributed by atoms with Gasteiger partial charge in [0.25, 0.3) is 0 Å². The monoisotopic (exact) mass is 356 g/mol. The summed E-state index contributed by atoms with van der Waals surface area (Å²) in [6.07, 6.45) is 4.00. The second kappa shape index (κ2) is 6.03. The number of rotatable bonds is 4. The maximum Gasteiger partial charge on any atom is 0.216 e. The van der Waals surface area contributed by atoms with Gasteiger partial charge in [-0.3, -0.25) is 5.10 Å². The van der Waals surface area contributed by atoms with Crippen LogP contribution in [0.5, 0.6) is 0 Å². The van der Waals surface area contributed by atoms with Crippen molar-refractivity contribution in [1.82, 2.24) is 24.7 Å². The van der Waals surface area contributed by atoms with Gasteiger partial charge in [0.05, 0.1) is 23.3 Å². The van der Waals surface area contributed by atoms with Crippen LogP contribution in [-0.4, -0.2) is 30.9 Å². The van der Waals surface area contributed by atoms with E-state index < -0.39 is 0 Å². The van der Waals surface area contributed by atoms with Gasteiger partial charge < -0.3 is 0 Å². The van der Waals surface area contributed by atoms with Crippen LogP contribution in [0.2, 0.25) is 0 Å². The number of nitrogens with one attached hydrogen (secondary N) is 1. The highest BCUT2D eigenvalue weighted by molar-refractivity contribution is 7.71. The molecule has 2 heterocycles. The normalized spacial score (nSPS) is 14.5. The van der Waals surface area contributed by atoms with Crippen molar-refractivity contribution in [3.05, 3.63) is 57.6 Å². The Bertz CT molecular complexity index is 1010. The standard InChI is InChI=1S/C17H17FN6S/c1-10-15(9-19-24-16(12-3-4-12)20-21-17(24)25)11(2)23(22-10)14-7-5-13(18)6-8-14/h5-9,12H,3-4H2,1-2H3,(H,21,25)/b19-9+. The molecule has 1 aliphatic rings. The van der Waals surface area contributed by atoms with Crippen LogP contribution in [-0.2, 0) is 0 Å². The Morgan fingerprint density at radius 3 is 2.68 bits per heavy atom. The molecule has 0 radical (unpaired) electrons. The van der Waals surface area contributed by atoms with Crippen LogP contribution in [0.1, 0.15) is 41.5 Å². The molecule has 0 spiro atoms. The minimum atomic E-state index is -0.269. The number of aryl methyl sites for hydroxylation is 1. The molecule has 1 aromatic carbocycles. The third-order valence-corrected chi connectivity index (χ3v) is 4.60. The van der Waals surface area contributed by atoms with Crippen LogP contribution in [0.4, 0.5) is 4.39 Å². The van der Waals surface area contributed by atoms with Gasteiger partial charge in [-0.15, -0.1) is 0 Å². The smallest absolute Gasteiger partial charge is 0.216 e.